The van der Waals surface area contributed by atoms with Crippen LogP contribution >= 0.6 is 0 Å². The number of fused-ring (bicyclic) bond motifs is 1. The van der Waals surface area contributed by atoms with Gasteiger partial charge >= 0.3 is 6.18 Å². The number of nitrogens with two attached hydrogens (primary N) is 2. The number of amides is 2. The smallest absolute Gasteiger partial charge is 0.366 e. The summed E-state index contributed by atoms with van der Waals surface area (Å²) in [6.07, 6.45) is -5.30. The number of primary amides is 1. The minimum atomic E-state index is -4.75. The number of rotatable bonds is 6. The third kappa shape index (κ3) is 5.45. The number of imidazole rings is 1. The molecule has 196 valence electrons. The largest absolute Gasteiger partial charge is 0.449 e. The average molecular weight is 525 g/mol. The molecule has 0 radical (unpaired) electrons. The minimum Gasteiger partial charge on any atom is -0.366 e. The molecule has 1 aromatic heterocycles. The molecule has 0 unspecified atom stereocenters. The van der Waals surface area contributed by atoms with Crippen molar-refractivity contribution in [1.82, 2.24) is 14.5 Å². The van der Waals surface area contributed by atoms with Gasteiger partial charge in [-0.2, -0.15) is 13.2 Å². The molecule has 37 heavy (non-hydrogen) atoms. The number of alkyl halides is 3. The standard InChI is InChI=1S/C24H21F6N5O2/c25-16-10-18(27)17(26)8-14(16)7-15(31)9-20(36)34-5-6-35-19(11-34)21(33-23(35)24(28,29)30)12-1-3-13(4-2-12)22(32)37/h1-4,8,10,15H,5-7,9,11,31H2,(H2,32,37)/t15-/m1/s1. The fourth-order valence-corrected chi connectivity index (χ4v) is 4.25. The Bertz CT molecular complexity index is 1350. The van der Waals surface area contributed by atoms with E-state index in [0.29, 0.717) is 17.7 Å². The van der Waals surface area contributed by atoms with E-state index < -0.39 is 47.3 Å². The van der Waals surface area contributed by atoms with E-state index in [1.807, 2.05) is 0 Å². The molecule has 0 saturated heterocycles. The van der Waals surface area contributed by atoms with Gasteiger partial charge in [-0.1, -0.05) is 12.1 Å². The number of nitrogens with zero attached hydrogens (tertiary/aromatic N) is 3. The summed E-state index contributed by atoms with van der Waals surface area (Å²) in [7, 11) is 0. The molecule has 0 saturated carbocycles. The minimum absolute atomic E-state index is 0.00555. The van der Waals surface area contributed by atoms with E-state index in [9.17, 15) is 35.9 Å². The second kappa shape index (κ2) is 9.88. The predicted octanol–water partition coefficient (Wildman–Crippen LogP) is 3.39. The summed E-state index contributed by atoms with van der Waals surface area (Å²) in [5, 5.41) is 0. The van der Waals surface area contributed by atoms with Crippen molar-refractivity contribution in [3.05, 3.63) is 76.5 Å². The zero-order chi connectivity index (χ0) is 27.1. The van der Waals surface area contributed by atoms with Gasteiger partial charge in [0.1, 0.15) is 5.82 Å². The van der Waals surface area contributed by atoms with E-state index in [1.165, 1.54) is 29.2 Å². The zero-order valence-corrected chi connectivity index (χ0v) is 19.2. The lowest BCUT2D eigenvalue weighted by Gasteiger charge is -2.30. The maximum Gasteiger partial charge on any atom is 0.449 e. The molecular weight excluding hydrogens is 504 g/mol. The SMILES string of the molecule is NC(=O)c1ccc(-c2nc(C(F)(F)F)n3c2CN(C(=O)C[C@H](N)Cc2cc(F)c(F)cc2F)CC3)cc1. The van der Waals surface area contributed by atoms with E-state index in [2.05, 4.69) is 4.98 Å². The van der Waals surface area contributed by atoms with Gasteiger partial charge in [0, 0.05) is 42.7 Å². The molecule has 13 heteroatoms. The van der Waals surface area contributed by atoms with Crippen molar-refractivity contribution in [1.29, 1.82) is 0 Å². The Kier molecular flexibility index (Phi) is 7.00. The van der Waals surface area contributed by atoms with Crippen LogP contribution in [0.1, 0.15) is 33.9 Å². The van der Waals surface area contributed by atoms with Crippen LogP contribution in [0.4, 0.5) is 26.3 Å². The molecule has 0 aliphatic carbocycles. The van der Waals surface area contributed by atoms with Gasteiger partial charge in [0.05, 0.1) is 17.9 Å². The van der Waals surface area contributed by atoms with Gasteiger partial charge in [-0.3, -0.25) is 9.59 Å². The van der Waals surface area contributed by atoms with Gasteiger partial charge in [-0.05, 0) is 30.2 Å². The quantitative estimate of drug-likeness (QED) is 0.380. The van der Waals surface area contributed by atoms with Crippen molar-refractivity contribution in [3.63, 3.8) is 0 Å². The molecule has 2 heterocycles. The van der Waals surface area contributed by atoms with Crippen LogP contribution in [0.25, 0.3) is 11.3 Å². The molecular formula is C24H21F6N5O2. The summed E-state index contributed by atoms with van der Waals surface area (Å²) in [5.74, 6) is -5.94. The van der Waals surface area contributed by atoms with Gasteiger partial charge < -0.3 is 20.9 Å². The van der Waals surface area contributed by atoms with Gasteiger partial charge in [-0.15, -0.1) is 0 Å². The molecule has 2 aromatic carbocycles. The average Bonchev–Trinajstić information content (AvgIpc) is 3.22. The monoisotopic (exact) mass is 525 g/mol. The fourth-order valence-electron chi connectivity index (χ4n) is 4.25. The van der Waals surface area contributed by atoms with Crippen LogP contribution in [-0.2, 0) is 30.5 Å². The summed E-state index contributed by atoms with van der Waals surface area (Å²) < 4.78 is 82.6. The van der Waals surface area contributed by atoms with E-state index in [-0.39, 0.29) is 55.0 Å². The maximum absolute atomic E-state index is 13.9. The van der Waals surface area contributed by atoms with Crippen LogP contribution in [0.5, 0.6) is 0 Å². The Hall–Kier alpha value is -3.87. The number of hydrogen-bond donors (Lipinski definition) is 2. The summed E-state index contributed by atoms with van der Waals surface area (Å²) in [6.45, 7) is -0.450. The maximum atomic E-state index is 13.9. The molecule has 2 amide bonds. The van der Waals surface area contributed by atoms with Crippen molar-refractivity contribution in [2.45, 2.75) is 38.1 Å². The van der Waals surface area contributed by atoms with Crippen LogP contribution in [0.3, 0.4) is 0 Å². The van der Waals surface area contributed by atoms with E-state index in [0.717, 1.165) is 4.57 Å². The molecule has 4 rings (SSSR count). The van der Waals surface area contributed by atoms with Gasteiger partial charge in [0.2, 0.25) is 17.6 Å². The highest BCUT2D eigenvalue weighted by Crippen LogP contribution is 2.36. The first-order valence-corrected chi connectivity index (χ1v) is 11.1. The molecule has 0 spiro atoms. The summed E-state index contributed by atoms with van der Waals surface area (Å²) in [6, 6.07) is 5.65. The lowest BCUT2D eigenvalue weighted by atomic mass is 10.0. The Morgan fingerprint density at radius 2 is 1.65 bits per heavy atom. The number of carbonyl (C=O) groups excluding carboxylic acids is 2. The van der Waals surface area contributed by atoms with Crippen molar-refractivity contribution in [2.75, 3.05) is 6.54 Å². The van der Waals surface area contributed by atoms with Gasteiger partial charge in [0.25, 0.3) is 0 Å². The first-order valence-electron chi connectivity index (χ1n) is 11.1. The van der Waals surface area contributed by atoms with Crippen LogP contribution < -0.4 is 11.5 Å². The molecule has 7 nitrogen and oxygen atoms in total. The van der Waals surface area contributed by atoms with Crippen molar-refractivity contribution in [2.24, 2.45) is 11.5 Å². The highest BCUT2D eigenvalue weighted by atomic mass is 19.4. The van der Waals surface area contributed by atoms with Crippen molar-refractivity contribution >= 4 is 11.8 Å². The van der Waals surface area contributed by atoms with Crippen molar-refractivity contribution in [3.8, 4) is 11.3 Å². The van der Waals surface area contributed by atoms with Gasteiger partial charge in [0.15, 0.2) is 11.6 Å². The normalized spacial score (nSPS) is 14.4. The highest BCUT2D eigenvalue weighted by Gasteiger charge is 2.40. The lowest BCUT2D eigenvalue weighted by molar-refractivity contribution is -0.148. The van der Waals surface area contributed by atoms with E-state index >= 15 is 0 Å². The molecule has 1 aliphatic rings. The Labute approximate surface area is 206 Å². The van der Waals surface area contributed by atoms with Gasteiger partial charge in [-0.25, -0.2) is 18.2 Å². The van der Waals surface area contributed by atoms with Crippen molar-refractivity contribution < 1.29 is 35.9 Å². The number of benzene rings is 2. The molecule has 3 aromatic rings. The lowest BCUT2D eigenvalue weighted by Crippen LogP contribution is -2.42. The first-order chi connectivity index (χ1) is 17.3. The number of carbonyl (C=O) groups is 2. The zero-order valence-electron chi connectivity index (χ0n) is 19.2. The second-order valence-corrected chi connectivity index (χ2v) is 8.66. The third-order valence-electron chi connectivity index (χ3n) is 6.06. The Morgan fingerprint density at radius 1 is 1.00 bits per heavy atom. The number of aromatic nitrogens is 2. The summed E-state index contributed by atoms with van der Waals surface area (Å²) >= 11 is 0. The third-order valence-corrected chi connectivity index (χ3v) is 6.06. The summed E-state index contributed by atoms with van der Waals surface area (Å²) in [5.41, 5.74) is 11.6. The molecule has 1 atom stereocenters. The molecule has 4 N–H and O–H groups in total. The first kappa shape index (κ1) is 26.2. The molecule has 0 fully saturated rings. The van der Waals surface area contributed by atoms with Crippen LogP contribution in [0.15, 0.2) is 36.4 Å². The van der Waals surface area contributed by atoms with Crippen LogP contribution in [-0.4, -0.2) is 38.9 Å². The number of halogens is 6. The summed E-state index contributed by atoms with van der Waals surface area (Å²) in [4.78, 5) is 29.3. The van der Waals surface area contributed by atoms with Crippen LogP contribution in [0, 0.1) is 17.5 Å². The fraction of sp³-hybridized carbons (Fsp3) is 0.292. The Balaban J connectivity index is 1.55. The highest BCUT2D eigenvalue weighted by molar-refractivity contribution is 5.93. The van der Waals surface area contributed by atoms with E-state index in [1.54, 1.807) is 0 Å². The Morgan fingerprint density at radius 3 is 2.27 bits per heavy atom. The molecule has 0 bridgehead atoms. The molecule has 1 aliphatic heterocycles. The van der Waals surface area contributed by atoms with Crippen LogP contribution in [0.2, 0.25) is 0 Å². The predicted molar refractivity (Wildman–Crippen MR) is 119 cm³/mol. The van der Waals surface area contributed by atoms with E-state index in [4.69, 9.17) is 11.5 Å². The topological polar surface area (TPSA) is 107 Å². The number of hydrogen-bond acceptors (Lipinski definition) is 4. The second-order valence-electron chi connectivity index (χ2n) is 8.66.